The maximum atomic E-state index is 2.42. The van der Waals surface area contributed by atoms with Gasteiger partial charge in [0.25, 0.3) is 0 Å². The molecule has 15 heavy (non-hydrogen) atoms. The number of hydrogen-bond donors (Lipinski definition) is 0. The first-order chi connectivity index (χ1) is 6.62. The Morgan fingerprint density at radius 3 is 1.80 bits per heavy atom. The molecule has 0 bridgehead atoms. The van der Waals surface area contributed by atoms with Crippen LogP contribution in [0.3, 0.4) is 0 Å². The van der Waals surface area contributed by atoms with Gasteiger partial charge in [-0.25, -0.2) is 0 Å². The van der Waals surface area contributed by atoms with Crippen LogP contribution in [0.2, 0.25) is 0 Å². The van der Waals surface area contributed by atoms with Crippen molar-refractivity contribution in [3.63, 3.8) is 0 Å². The molecule has 78 valence electrons. The van der Waals surface area contributed by atoms with Crippen LogP contribution in [0.15, 0.2) is 18.2 Å². The third-order valence-electron chi connectivity index (χ3n) is 2.91. The summed E-state index contributed by atoms with van der Waals surface area (Å²) in [4.78, 5) is 0. The van der Waals surface area contributed by atoms with Crippen molar-refractivity contribution in [1.29, 1.82) is 0 Å². The molecule has 0 saturated heterocycles. The van der Waals surface area contributed by atoms with Crippen LogP contribution in [-0.4, -0.2) is 49.0 Å². The van der Waals surface area contributed by atoms with Gasteiger partial charge in [0.2, 0.25) is 0 Å². The fourth-order valence-corrected chi connectivity index (χ4v) is 3.55. The molecule has 0 aliphatic heterocycles. The quantitative estimate of drug-likeness (QED) is 0.599. The number of hydrogen-bond acceptors (Lipinski definition) is 0. The summed E-state index contributed by atoms with van der Waals surface area (Å²) in [6.45, 7) is 13.8. The van der Waals surface area contributed by atoms with Gasteiger partial charge in [-0.1, -0.05) is 0 Å². The zero-order valence-electron chi connectivity index (χ0n) is 11.2. The molecule has 1 heteroatoms. The molecule has 0 atom stereocenters. The Morgan fingerprint density at radius 1 is 0.867 bits per heavy atom. The van der Waals surface area contributed by atoms with E-state index in [1.807, 2.05) is 0 Å². The summed E-state index contributed by atoms with van der Waals surface area (Å²) >= 11 is 0.770. The Kier molecular flexibility index (Phi) is 4.28. The zero-order chi connectivity index (χ0) is 11.9. The van der Waals surface area contributed by atoms with Crippen LogP contribution < -0.4 is -0.342 Å². The van der Waals surface area contributed by atoms with Crippen LogP contribution in [0.5, 0.6) is 0 Å². The Balaban J connectivity index is 3.30. The van der Waals surface area contributed by atoms with Gasteiger partial charge in [-0.2, -0.15) is 0 Å². The summed E-state index contributed by atoms with van der Waals surface area (Å²) in [6, 6.07) is 7.05. The molecule has 0 aliphatic rings. The first-order valence-corrected chi connectivity index (χ1v) is 7.30. The predicted octanol–water partition coefficient (Wildman–Crippen LogP) is 3.08. The normalized spacial score (nSPS) is 13.1. The fraction of sp³-hybridized carbons (Fsp3) is 0.571. The van der Waals surface area contributed by atoms with Crippen LogP contribution >= 0.6 is 0 Å². The van der Waals surface area contributed by atoms with E-state index in [0.717, 1.165) is 49.0 Å². The van der Waals surface area contributed by atoms with Crippen LogP contribution in [-0.2, 0) is 10.8 Å². The van der Waals surface area contributed by atoms with Gasteiger partial charge in [0.1, 0.15) is 0 Å². The van der Waals surface area contributed by atoms with E-state index in [-0.39, 0.29) is 10.8 Å². The van der Waals surface area contributed by atoms with E-state index < -0.39 is 0 Å². The van der Waals surface area contributed by atoms with Crippen molar-refractivity contribution in [2.45, 2.75) is 52.4 Å². The molecule has 0 aliphatic carbocycles. The molecule has 0 N–H and O–H groups in total. The van der Waals surface area contributed by atoms with E-state index in [1.54, 1.807) is 5.22 Å². The number of benzene rings is 1. The molecular weight excluding hydrogens is 207 g/mol. The summed E-state index contributed by atoms with van der Waals surface area (Å²) in [5.41, 5.74) is 3.56. The molecule has 0 spiro atoms. The third kappa shape index (κ3) is 3.67. The first-order valence-electron chi connectivity index (χ1n) is 5.74. The van der Waals surface area contributed by atoms with Gasteiger partial charge in [-0.3, -0.25) is 0 Å². The van der Waals surface area contributed by atoms with Gasteiger partial charge in [0.05, 0.1) is 0 Å². The van der Waals surface area contributed by atoms with E-state index in [4.69, 9.17) is 0 Å². The van der Waals surface area contributed by atoms with Crippen molar-refractivity contribution in [1.82, 2.24) is 0 Å². The second kappa shape index (κ2) is 4.62. The molecule has 0 amide bonds. The standard InChI is InChI=1S/C14H21.K/c1-13(2,3)11-8-7-9-12(10-11)14(4,5)6;/h7-8,10H,1-6H3;. The summed E-state index contributed by atoms with van der Waals surface area (Å²) in [7, 11) is 0. The summed E-state index contributed by atoms with van der Waals surface area (Å²) in [5, 5.41) is 0. The van der Waals surface area contributed by atoms with Crippen LogP contribution in [0, 0.1) is 0 Å². The van der Waals surface area contributed by atoms with Gasteiger partial charge < -0.3 is 0 Å². The molecule has 1 rings (SSSR count). The Morgan fingerprint density at radius 2 is 1.40 bits per heavy atom. The molecular formula is C14H21K. The summed E-state index contributed by atoms with van der Waals surface area (Å²) < 4.78 is 1.59. The monoisotopic (exact) mass is 228 g/mol. The minimum absolute atomic E-state index is 0.265. The van der Waals surface area contributed by atoms with Crippen LogP contribution in [0.25, 0.3) is 0 Å². The van der Waals surface area contributed by atoms with Crippen molar-refractivity contribution < 1.29 is 0 Å². The molecule has 0 fully saturated rings. The van der Waals surface area contributed by atoms with E-state index in [2.05, 4.69) is 59.7 Å². The van der Waals surface area contributed by atoms with Crippen molar-refractivity contribution in [2.75, 3.05) is 0 Å². The fourth-order valence-electron chi connectivity index (χ4n) is 1.90. The van der Waals surface area contributed by atoms with E-state index in [9.17, 15) is 0 Å². The molecule has 0 saturated carbocycles. The van der Waals surface area contributed by atoms with E-state index in [1.165, 1.54) is 5.56 Å². The topological polar surface area (TPSA) is 0 Å². The second-order valence-corrected chi connectivity index (χ2v) is 8.21. The molecule has 0 radical (unpaired) electrons. The van der Waals surface area contributed by atoms with Crippen molar-refractivity contribution in [3.05, 3.63) is 29.3 Å². The zero-order valence-corrected chi connectivity index (χ0v) is 14.4. The Bertz CT molecular complexity index is 351. The Hall–Kier alpha value is 0.856. The summed E-state index contributed by atoms with van der Waals surface area (Å²) in [5.74, 6) is 0. The van der Waals surface area contributed by atoms with Crippen LogP contribution in [0.1, 0.15) is 52.7 Å². The average molecular weight is 228 g/mol. The molecule has 0 unspecified atom stereocenters. The third-order valence-corrected chi connectivity index (χ3v) is 4.27. The molecule has 0 heterocycles. The molecule has 1 aromatic carbocycles. The SMILES string of the molecule is CC(C)(C)c1cc[c]([K])c(C(C)(C)C)c1. The van der Waals surface area contributed by atoms with Crippen molar-refractivity contribution >= 4 is 48.6 Å². The Labute approximate surface area is 128 Å². The molecule has 0 aromatic heterocycles. The number of rotatable bonds is 0. The first kappa shape index (κ1) is 13.9. The van der Waals surface area contributed by atoms with Gasteiger partial charge in [0.15, 0.2) is 0 Å². The van der Waals surface area contributed by atoms with Gasteiger partial charge >= 0.3 is 130 Å². The van der Waals surface area contributed by atoms with Crippen molar-refractivity contribution in [2.24, 2.45) is 0 Å². The van der Waals surface area contributed by atoms with Crippen molar-refractivity contribution in [3.8, 4) is 0 Å². The predicted molar refractivity (Wildman–Crippen MR) is 69.2 cm³/mol. The van der Waals surface area contributed by atoms with Crippen LogP contribution in [0.4, 0.5) is 0 Å². The molecule has 0 nitrogen and oxygen atoms in total. The average Bonchev–Trinajstić information content (AvgIpc) is 2.00. The van der Waals surface area contributed by atoms with E-state index in [0.29, 0.717) is 0 Å². The van der Waals surface area contributed by atoms with Gasteiger partial charge in [0, 0.05) is 0 Å². The maximum absolute atomic E-state index is 2.42. The summed E-state index contributed by atoms with van der Waals surface area (Å²) in [6.07, 6.45) is 0. The van der Waals surface area contributed by atoms with E-state index >= 15 is 0 Å². The minimum atomic E-state index is 0.265. The van der Waals surface area contributed by atoms with Gasteiger partial charge in [-0.15, -0.1) is 0 Å². The second-order valence-electron chi connectivity index (χ2n) is 6.53. The van der Waals surface area contributed by atoms with Gasteiger partial charge in [-0.05, 0) is 0 Å². The molecule has 1 aromatic rings.